The van der Waals surface area contributed by atoms with E-state index in [2.05, 4.69) is 4.98 Å². The molecule has 1 unspecified atom stereocenters. The van der Waals surface area contributed by atoms with E-state index in [0.29, 0.717) is 16.3 Å². The predicted molar refractivity (Wildman–Crippen MR) is 71.6 cm³/mol. The monoisotopic (exact) mass is 277 g/mol. The molecule has 0 saturated heterocycles. The van der Waals surface area contributed by atoms with E-state index < -0.39 is 11.9 Å². The molecule has 0 saturated carbocycles. The maximum Gasteiger partial charge on any atom is 0.314 e. The maximum atomic E-state index is 11.3. The second-order valence-electron chi connectivity index (χ2n) is 3.94. The van der Waals surface area contributed by atoms with E-state index in [1.54, 1.807) is 48.8 Å². The van der Waals surface area contributed by atoms with Gasteiger partial charge in [-0.2, -0.15) is 0 Å². The van der Waals surface area contributed by atoms with Gasteiger partial charge >= 0.3 is 5.97 Å². The molecule has 1 N–H and O–H groups in total. The van der Waals surface area contributed by atoms with Crippen LogP contribution < -0.4 is 4.74 Å². The third-order valence-corrected chi connectivity index (χ3v) is 2.89. The second-order valence-corrected chi connectivity index (χ2v) is 4.37. The number of halogens is 1. The minimum absolute atomic E-state index is 0.0565. The summed E-state index contributed by atoms with van der Waals surface area (Å²) in [5, 5.41) is 9.83. The maximum absolute atomic E-state index is 11.3. The largest absolute Gasteiger partial charge is 0.492 e. The highest BCUT2D eigenvalue weighted by atomic mass is 35.5. The molecule has 0 amide bonds. The van der Waals surface area contributed by atoms with E-state index in [-0.39, 0.29) is 6.61 Å². The number of nitrogens with zero attached hydrogens (tertiary/aromatic N) is 1. The Labute approximate surface area is 115 Å². The Kier molecular flexibility index (Phi) is 4.36. The molecule has 0 fully saturated rings. The number of hydrogen-bond acceptors (Lipinski definition) is 3. The van der Waals surface area contributed by atoms with Gasteiger partial charge in [0.25, 0.3) is 0 Å². The van der Waals surface area contributed by atoms with E-state index in [1.165, 1.54) is 0 Å². The molecule has 5 heteroatoms. The number of aromatic nitrogens is 1. The summed E-state index contributed by atoms with van der Waals surface area (Å²) in [5.74, 6) is -1.07. The smallest absolute Gasteiger partial charge is 0.314 e. The van der Waals surface area contributed by atoms with Crippen LogP contribution in [0.15, 0.2) is 48.8 Å². The van der Waals surface area contributed by atoms with Crippen LogP contribution in [0.4, 0.5) is 0 Å². The Hall–Kier alpha value is -2.07. The average Bonchev–Trinajstić information content (AvgIpc) is 2.42. The quantitative estimate of drug-likeness (QED) is 0.913. The fourth-order valence-corrected chi connectivity index (χ4v) is 1.74. The van der Waals surface area contributed by atoms with Crippen LogP contribution in [0.25, 0.3) is 0 Å². The summed E-state index contributed by atoms with van der Waals surface area (Å²) >= 11 is 5.76. The van der Waals surface area contributed by atoms with Gasteiger partial charge in [-0.1, -0.05) is 11.6 Å². The number of carboxylic acid groups (broad SMARTS) is 1. The van der Waals surface area contributed by atoms with Gasteiger partial charge in [0.2, 0.25) is 0 Å². The molecule has 0 spiro atoms. The molecule has 19 heavy (non-hydrogen) atoms. The van der Waals surface area contributed by atoms with Crippen LogP contribution in [-0.2, 0) is 4.79 Å². The van der Waals surface area contributed by atoms with Crippen molar-refractivity contribution in [2.75, 3.05) is 6.61 Å². The molecule has 0 aliphatic rings. The number of carbonyl (C=O) groups is 1. The van der Waals surface area contributed by atoms with Gasteiger partial charge in [-0.3, -0.25) is 9.78 Å². The molecular weight excluding hydrogens is 266 g/mol. The van der Waals surface area contributed by atoms with Crippen LogP contribution in [0, 0.1) is 0 Å². The highest BCUT2D eigenvalue weighted by molar-refractivity contribution is 6.30. The van der Waals surface area contributed by atoms with Crippen molar-refractivity contribution in [3.63, 3.8) is 0 Å². The van der Waals surface area contributed by atoms with Crippen molar-refractivity contribution in [1.29, 1.82) is 0 Å². The van der Waals surface area contributed by atoms with Crippen molar-refractivity contribution in [2.45, 2.75) is 5.92 Å². The summed E-state index contributed by atoms with van der Waals surface area (Å²) in [5.41, 5.74) is 0.663. The lowest BCUT2D eigenvalue weighted by molar-refractivity contribution is -0.139. The van der Waals surface area contributed by atoms with Crippen molar-refractivity contribution < 1.29 is 14.6 Å². The van der Waals surface area contributed by atoms with Crippen LogP contribution in [0.5, 0.6) is 5.75 Å². The molecule has 98 valence electrons. The number of hydrogen-bond donors (Lipinski definition) is 1. The van der Waals surface area contributed by atoms with Gasteiger partial charge in [-0.15, -0.1) is 0 Å². The van der Waals surface area contributed by atoms with Gasteiger partial charge in [0, 0.05) is 17.4 Å². The first-order valence-electron chi connectivity index (χ1n) is 5.68. The van der Waals surface area contributed by atoms with Crippen molar-refractivity contribution in [2.24, 2.45) is 0 Å². The van der Waals surface area contributed by atoms with Crippen molar-refractivity contribution in [3.8, 4) is 5.75 Å². The molecule has 2 aromatic rings. The fourth-order valence-electron chi connectivity index (χ4n) is 1.62. The lowest BCUT2D eigenvalue weighted by Gasteiger charge is -2.13. The lowest BCUT2D eigenvalue weighted by Crippen LogP contribution is -2.19. The zero-order chi connectivity index (χ0) is 13.7. The van der Waals surface area contributed by atoms with E-state index in [4.69, 9.17) is 16.3 Å². The number of aliphatic carboxylic acids is 1. The van der Waals surface area contributed by atoms with Crippen LogP contribution in [0.2, 0.25) is 5.02 Å². The zero-order valence-electron chi connectivity index (χ0n) is 9.99. The topological polar surface area (TPSA) is 59.4 Å². The highest BCUT2D eigenvalue weighted by Crippen LogP contribution is 2.20. The number of carboxylic acids is 1. The van der Waals surface area contributed by atoms with Crippen molar-refractivity contribution in [1.82, 2.24) is 4.98 Å². The molecule has 1 aromatic carbocycles. The second kappa shape index (κ2) is 6.20. The number of benzene rings is 1. The van der Waals surface area contributed by atoms with E-state index in [9.17, 15) is 9.90 Å². The Morgan fingerprint density at radius 2 is 1.84 bits per heavy atom. The van der Waals surface area contributed by atoms with Crippen LogP contribution in [-0.4, -0.2) is 22.7 Å². The van der Waals surface area contributed by atoms with Crippen molar-refractivity contribution in [3.05, 3.63) is 59.4 Å². The molecule has 1 atom stereocenters. The summed E-state index contributed by atoms with van der Waals surface area (Å²) in [7, 11) is 0. The third kappa shape index (κ3) is 3.69. The molecule has 0 radical (unpaired) electrons. The van der Waals surface area contributed by atoms with Gasteiger partial charge in [0.05, 0.1) is 0 Å². The third-order valence-electron chi connectivity index (χ3n) is 2.64. The zero-order valence-corrected chi connectivity index (χ0v) is 10.7. The van der Waals surface area contributed by atoms with Crippen molar-refractivity contribution >= 4 is 17.6 Å². The normalized spacial score (nSPS) is 11.8. The van der Waals surface area contributed by atoms with E-state index in [0.717, 1.165) is 0 Å². The van der Waals surface area contributed by atoms with Gasteiger partial charge in [0.1, 0.15) is 18.3 Å². The molecule has 0 aliphatic carbocycles. The van der Waals surface area contributed by atoms with E-state index in [1.807, 2.05) is 0 Å². The first kappa shape index (κ1) is 13.4. The minimum Gasteiger partial charge on any atom is -0.492 e. The van der Waals surface area contributed by atoms with Crippen LogP contribution >= 0.6 is 11.6 Å². The van der Waals surface area contributed by atoms with Crippen LogP contribution in [0.3, 0.4) is 0 Å². The minimum atomic E-state index is -0.930. The molecule has 1 heterocycles. The molecule has 0 bridgehead atoms. The Balaban J connectivity index is 2.06. The lowest BCUT2D eigenvalue weighted by atomic mass is 10.0. The summed E-state index contributed by atoms with van der Waals surface area (Å²) in [6, 6.07) is 10.1. The van der Waals surface area contributed by atoms with Gasteiger partial charge in [-0.25, -0.2) is 0 Å². The molecule has 4 nitrogen and oxygen atoms in total. The Bertz CT molecular complexity index is 542. The predicted octanol–water partition coefficient (Wildman–Crippen LogP) is 2.98. The summed E-state index contributed by atoms with van der Waals surface area (Å²) < 4.78 is 5.48. The molecule has 2 rings (SSSR count). The first-order chi connectivity index (χ1) is 9.16. The summed E-state index contributed by atoms with van der Waals surface area (Å²) in [4.78, 5) is 15.1. The number of ether oxygens (including phenoxy) is 1. The summed E-state index contributed by atoms with van der Waals surface area (Å²) in [6.45, 7) is 0.0565. The van der Waals surface area contributed by atoms with Crippen LogP contribution in [0.1, 0.15) is 11.5 Å². The highest BCUT2D eigenvalue weighted by Gasteiger charge is 2.20. The van der Waals surface area contributed by atoms with Gasteiger partial charge in [0.15, 0.2) is 0 Å². The fraction of sp³-hybridized carbons (Fsp3) is 0.143. The van der Waals surface area contributed by atoms with Gasteiger partial charge in [-0.05, 0) is 42.0 Å². The van der Waals surface area contributed by atoms with Gasteiger partial charge < -0.3 is 9.84 Å². The molecule has 1 aromatic heterocycles. The Morgan fingerprint density at radius 3 is 2.42 bits per heavy atom. The molecule has 0 aliphatic heterocycles. The SMILES string of the molecule is O=C(O)C(COc1ccc(Cl)cc1)c1ccncc1. The number of rotatable bonds is 5. The summed E-state index contributed by atoms with van der Waals surface area (Å²) in [6.07, 6.45) is 3.13. The van der Waals surface area contributed by atoms with E-state index >= 15 is 0 Å². The number of pyridine rings is 1. The molecular formula is C14H12ClNO3. The first-order valence-corrected chi connectivity index (χ1v) is 6.05. The average molecular weight is 278 g/mol. The Morgan fingerprint density at radius 1 is 1.21 bits per heavy atom. The standard InChI is InChI=1S/C14H12ClNO3/c15-11-1-3-12(4-2-11)19-9-13(14(17)18)10-5-7-16-8-6-10/h1-8,13H,9H2,(H,17,18).